The van der Waals surface area contributed by atoms with Crippen molar-refractivity contribution in [2.75, 3.05) is 13.1 Å². The van der Waals surface area contributed by atoms with Crippen LogP contribution in [0.5, 0.6) is 0 Å². The third-order valence-corrected chi connectivity index (χ3v) is 10.5. The number of ketones is 2. The third-order valence-electron chi connectivity index (χ3n) is 8.05. The molecule has 2 aromatic carbocycles. The van der Waals surface area contributed by atoms with E-state index in [4.69, 9.17) is 19.7 Å². The highest BCUT2D eigenvalue weighted by Gasteiger charge is 2.10. The van der Waals surface area contributed by atoms with Crippen LogP contribution in [0.15, 0.2) is 94.2 Å². The number of nitrogens with two attached hydrogens (primary N) is 1. The summed E-state index contributed by atoms with van der Waals surface area (Å²) in [5, 5.41) is 11.3. The summed E-state index contributed by atoms with van der Waals surface area (Å²) in [6.45, 7) is 4.10. The lowest BCUT2D eigenvalue weighted by Gasteiger charge is -2.03. The number of Topliss-reactive ketones (excluding diaryl/α,β-unsaturated/α-hetero) is 2. The highest BCUT2D eigenvalue weighted by atomic mass is 32.1. The van der Waals surface area contributed by atoms with Crippen LogP contribution in [-0.4, -0.2) is 51.6 Å². The SMILES string of the molecule is CC(=O)c1ccc(CCCC(=O)NCCc2coc(-c3ccc(F)cc3)n2)s1.CC(=O)c1ccc(CCCC(=O)O)s1.NCCc1coc(-c2ccc(F)cc2)n1. The van der Waals surface area contributed by atoms with Crippen molar-refractivity contribution in [3.63, 3.8) is 0 Å². The Bertz CT molecular complexity index is 2190. The van der Waals surface area contributed by atoms with Crippen LogP contribution in [-0.2, 0) is 35.3 Å². The summed E-state index contributed by atoms with van der Waals surface area (Å²) in [5.41, 5.74) is 8.42. The number of carbonyl (C=O) groups excluding carboxylic acids is 3. The summed E-state index contributed by atoms with van der Waals surface area (Å²) in [6.07, 6.45) is 7.89. The molecular formula is C42H44F2N4O7S2. The fraction of sp³-hybridized carbons (Fsp3) is 0.286. The lowest BCUT2D eigenvalue weighted by Crippen LogP contribution is -2.25. The number of halogens is 2. The summed E-state index contributed by atoms with van der Waals surface area (Å²) in [7, 11) is 0. The van der Waals surface area contributed by atoms with E-state index < -0.39 is 5.97 Å². The molecule has 0 atom stereocenters. The fourth-order valence-corrected chi connectivity index (χ4v) is 6.99. The van der Waals surface area contributed by atoms with Gasteiger partial charge in [-0.25, -0.2) is 18.7 Å². The van der Waals surface area contributed by atoms with Crippen LogP contribution in [0.3, 0.4) is 0 Å². The van der Waals surface area contributed by atoms with Crippen LogP contribution in [0.4, 0.5) is 8.78 Å². The number of oxazole rings is 2. The molecule has 0 aliphatic heterocycles. The predicted octanol–water partition coefficient (Wildman–Crippen LogP) is 8.77. The Kier molecular flexibility index (Phi) is 17.6. The molecule has 300 valence electrons. The molecule has 15 heteroatoms. The standard InChI is InChI=1S/C21H21FN2O3S.C11H11FN2O.C10H12O3S/c1-14(25)19-10-9-18(28-19)3-2-4-20(26)23-12-11-17-13-27-21(24-17)15-5-7-16(22)8-6-15;12-9-3-1-8(2-4-9)11-14-10(5-6-13)7-15-11;1-7(11)9-6-5-8(14-9)3-2-4-10(12)13/h5-10,13H,2-4,11-12H2,1H3,(H,23,26);1-4,7H,5-6,13H2;5-6H,2-4H2,1H3,(H,12,13). The number of hydrogen-bond donors (Lipinski definition) is 3. The third kappa shape index (κ3) is 15.4. The molecule has 6 aromatic rings. The van der Waals surface area contributed by atoms with Gasteiger partial charge in [0.25, 0.3) is 0 Å². The molecule has 0 spiro atoms. The molecule has 0 aliphatic rings. The second-order valence-corrected chi connectivity index (χ2v) is 15.0. The predicted molar refractivity (Wildman–Crippen MR) is 215 cm³/mol. The number of rotatable bonds is 17. The van der Waals surface area contributed by atoms with E-state index in [2.05, 4.69) is 15.3 Å². The van der Waals surface area contributed by atoms with Gasteiger partial charge in [-0.15, -0.1) is 22.7 Å². The van der Waals surface area contributed by atoms with Crippen molar-refractivity contribution in [2.45, 2.75) is 65.2 Å². The van der Waals surface area contributed by atoms with E-state index in [1.165, 1.54) is 53.9 Å². The zero-order valence-electron chi connectivity index (χ0n) is 31.6. The van der Waals surface area contributed by atoms with Crippen molar-refractivity contribution in [1.29, 1.82) is 0 Å². The number of amides is 1. The summed E-state index contributed by atoms with van der Waals surface area (Å²) in [4.78, 5) is 56.7. The summed E-state index contributed by atoms with van der Waals surface area (Å²) >= 11 is 2.94. The molecule has 0 unspecified atom stereocenters. The Labute approximate surface area is 337 Å². The molecule has 4 aromatic heterocycles. The molecule has 0 saturated heterocycles. The van der Waals surface area contributed by atoms with Crippen LogP contribution >= 0.6 is 22.7 Å². The first kappa shape index (κ1) is 44.1. The average Bonchev–Trinajstić information content (AvgIpc) is 4.02. The van der Waals surface area contributed by atoms with Crippen molar-refractivity contribution >= 4 is 46.1 Å². The number of nitrogens with one attached hydrogen (secondary N) is 1. The first-order valence-electron chi connectivity index (χ1n) is 18.2. The number of carboxylic acid groups (broad SMARTS) is 1. The molecule has 4 N–H and O–H groups in total. The number of benzene rings is 2. The van der Waals surface area contributed by atoms with Crippen LogP contribution in [0, 0.1) is 11.6 Å². The van der Waals surface area contributed by atoms with E-state index in [1.54, 1.807) is 49.8 Å². The molecule has 0 bridgehead atoms. The molecule has 0 saturated carbocycles. The number of carbonyl (C=O) groups is 4. The van der Waals surface area contributed by atoms with E-state index in [9.17, 15) is 28.0 Å². The molecule has 11 nitrogen and oxygen atoms in total. The minimum Gasteiger partial charge on any atom is -0.481 e. The summed E-state index contributed by atoms with van der Waals surface area (Å²) in [6, 6.07) is 19.4. The van der Waals surface area contributed by atoms with E-state index in [1.807, 2.05) is 18.2 Å². The number of nitrogens with zero attached hydrogens (tertiary/aromatic N) is 2. The first-order valence-corrected chi connectivity index (χ1v) is 19.8. The molecule has 0 fully saturated rings. The fourth-order valence-electron chi connectivity index (χ4n) is 5.10. The Morgan fingerprint density at radius 2 is 1.12 bits per heavy atom. The summed E-state index contributed by atoms with van der Waals surface area (Å²) < 4.78 is 36.3. The zero-order valence-corrected chi connectivity index (χ0v) is 33.2. The molecule has 4 heterocycles. The largest absolute Gasteiger partial charge is 0.481 e. The highest BCUT2D eigenvalue weighted by Crippen LogP contribution is 2.22. The Balaban J connectivity index is 0.000000209. The maximum absolute atomic E-state index is 13.0. The van der Waals surface area contributed by atoms with Crippen LogP contribution in [0.25, 0.3) is 22.9 Å². The average molecular weight is 819 g/mol. The van der Waals surface area contributed by atoms with Crippen LogP contribution < -0.4 is 11.1 Å². The van der Waals surface area contributed by atoms with Crippen molar-refractivity contribution in [3.8, 4) is 22.9 Å². The number of thiophene rings is 2. The van der Waals surface area contributed by atoms with Crippen molar-refractivity contribution in [3.05, 3.63) is 128 Å². The van der Waals surface area contributed by atoms with Gasteiger partial charge in [0.1, 0.15) is 24.2 Å². The van der Waals surface area contributed by atoms with Gasteiger partial charge in [-0.05, 0) is 119 Å². The molecular weight excluding hydrogens is 775 g/mol. The first-order chi connectivity index (χ1) is 27.4. The van der Waals surface area contributed by atoms with Gasteiger partial charge in [-0.1, -0.05) is 0 Å². The Morgan fingerprint density at radius 3 is 1.54 bits per heavy atom. The maximum atomic E-state index is 13.0. The normalized spacial score (nSPS) is 10.5. The summed E-state index contributed by atoms with van der Waals surface area (Å²) in [5.74, 6) is -0.285. The van der Waals surface area contributed by atoms with E-state index in [0.717, 1.165) is 55.7 Å². The molecule has 1 amide bonds. The molecule has 0 aliphatic carbocycles. The minimum atomic E-state index is -0.770. The Hall–Kier alpha value is -5.64. The van der Waals surface area contributed by atoms with Crippen molar-refractivity contribution < 1.29 is 41.9 Å². The van der Waals surface area contributed by atoms with E-state index in [0.29, 0.717) is 56.1 Å². The number of aliphatic carboxylic acids is 1. The smallest absolute Gasteiger partial charge is 0.303 e. The number of aromatic nitrogens is 2. The minimum absolute atomic E-state index is 0.00870. The van der Waals surface area contributed by atoms with Crippen LogP contribution in [0.1, 0.15) is 80.0 Å². The molecule has 57 heavy (non-hydrogen) atoms. The van der Waals surface area contributed by atoms with Gasteiger partial charge in [-0.2, -0.15) is 0 Å². The number of aryl methyl sites for hydroxylation is 2. The molecule has 6 rings (SSSR count). The van der Waals surface area contributed by atoms with Gasteiger partial charge >= 0.3 is 5.97 Å². The van der Waals surface area contributed by atoms with E-state index >= 15 is 0 Å². The maximum Gasteiger partial charge on any atom is 0.303 e. The number of hydrogen-bond acceptors (Lipinski definition) is 11. The Morgan fingerprint density at radius 1 is 0.667 bits per heavy atom. The monoisotopic (exact) mass is 818 g/mol. The van der Waals surface area contributed by atoms with E-state index in [-0.39, 0.29) is 35.5 Å². The van der Waals surface area contributed by atoms with Gasteiger partial charge in [0.15, 0.2) is 11.6 Å². The van der Waals surface area contributed by atoms with Gasteiger partial charge in [0, 0.05) is 53.1 Å². The topological polar surface area (TPSA) is 179 Å². The van der Waals surface area contributed by atoms with Crippen molar-refractivity contribution in [1.82, 2.24) is 15.3 Å². The van der Waals surface area contributed by atoms with Crippen LogP contribution in [0.2, 0.25) is 0 Å². The lowest BCUT2D eigenvalue weighted by molar-refractivity contribution is -0.137. The number of carboxylic acids is 1. The lowest BCUT2D eigenvalue weighted by atomic mass is 10.2. The van der Waals surface area contributed by atoms with Gasteiger partial charge in [-0.3, -0.25) is 19.2 Å². The van der Waals surface area contributed by atoms with Gasteiger partial charge in [0.05, 0.1) is 21.1 Å². The zero-order chi connectivity index (χ0) is 41.2. The van der Waals surface area contributed by atoms with Crippen molar-refractivity contribution in [2.24, 2.45) is 5.73 Å². The second-order valence-electron chi connectivity index (χ2n) is 12.7. The van der Waals surface area contributed by atoms with Gasteiger partial charge in [0.2, 0.25) is 17.7 Å². The second kappa shape index (κ2) is 22.8. The highest BCUT2D eigenvalue weighted by molar-refractivity contribution is 7.14. The molecule has 0 radical (unpaired) electrons. The quantitative estimate of drug-likeness (QED) is 0.0754. The van der Waals surface area contributed by atoms with Gasteiger partial charge < -0.3 is 25.0 Å².